The zero-order valence-electron chi connectivity index (χ0n) is 17.5. The van der Waals surface area contributed by atoms with Crippen molar-refractivity contribution in [3.8, 4) is 22.9 Å². The molecule has 162 valence electrons. The van der Waals surface area contributed by atoms with Crippen molar-refractivity contribution in [1.82, 2.24) is 25.0 Å². The van der Waals surface area contributed by atoms with E-state index in [9.17, 15) is 0 Å². The van der Waals surface area contributed by atoms with Gasteiger partial charge in [0, 0.05) is 18.5 Å². The topological polar surface area (TPSA) is 89.3 Å². The predicted octanol–water partition coefficient (Wildman–Crippen LogP) is 3.92. The molecule has 0 spiro atoms. The monoisotopic (exact) mass is 429 g/mol. The van der Waals surface area contributed by atoms with Crippen molar-refractivity contribution >= 4 is 0 Å². The minimum Gasteiger partial charge on any atom is -0.454 e. The summed E-state index contributed by atoms with van der Waals surface area (Å²) in [6.45, 7) is 1.96. The Morgan fingerprint density at radius 2 is 1.97 bits per heavy atom. The summed E-state index contributed by atoms with van der Waals surface area (Å²) in [5, 5.41) is 4.26. The van der Waals surface area contributed by atoms with Gasteiger partial charge in [0.1, 0.15) is 0 Å². The first-order valence-corrected chi connectivity index (χ1v) is 10.9. The molecule has 0 radical (unpaired) electrons. The van der Waals surface area contributed by atoms with Crippen LogP contribution in [-0.2, 0) is 19.4 Å². The van der Waals surface area contributed by atoms with E-state index in [-0.39, 0.29) is 12.8 Å². The summed E-state index contributed by atoms with van der Waals surface area (Å²) in [6, 6.07) is 16.3. The summed E-state index contributed by atoms with van der Waals surface area (Å²) in [5.41, 5.74) is 4.43. The van der Waals surface area contributed by atoms with Gasteiger partial charge in [-0.3, -0.25) is 4.90 Å². The van der Waals surface area contributed by atoms with E-state index >= 15 is 0 Å². The molecule has 0 aliphatic carbocycles. The van der Waals surface area contributed by atoms with E-state index in [0.717, 1.165) is 55.1 Å². The van der Waals surface area contributed by atoms with E-state index in [2.05, 4.69) is 50.4 Å². The molecule has 2 aromatic carbocycles. The molecule has 0 fully saturated rings. The van der Waals surface area contributed by atoms with Gasteiger partial charge in [0.15, 0.2) is 11.5 Å². The van der Waals surface area contributed by atoms with Gasteiger partial charge in [-0.1, -0.05) is 35.5 Å². The maximum Gasteiger partial charge on any atom is 0.244 e. The number of benzene rings is 2. The number of aromatic amines is 1. The molecule has 8 heteroatoms. The number of hydrogen-bond acceptors (Lipinski definition) is 7. The van der Waals surface area contributed by atoms with Gasteiger partial charge in [0.05, 0.1) is 23.8 Å². The molecule has 1 atom stereocenters. The smallest absolute Gasteiger partial charge is 0.244 e. The molecule has 2 aliphatic heterocycles. The molecule has 4 aromatic rings. The second-order valence-electron chi connectivity index (χ2n) is 8.13. The quantitative estimate of drug-likeness (QED) is 0.497. The van der Waals surface area contributed by atoms with Crippen LogP contribution in [0.2, 0.25) is 0 Å². The fourth-order valence-corrected chi connectivity index (χ4v) is 4.42. The number of aromatic nitrogens is 4. The number of nitrogens with zero attached hydrogens (tertiary/aromatic N) is 4. The number of ether oxygens (including phenoxy) is 2. The molecule has 8 nitrogen and oxygen atoms in total. The van der Waals surface area contributed by atoms with Crippen molar-refractivity contribution in [2.24, 2.45) is 0 Å². The Balaban J connectivity index is 1.22. The van der Waals surface area contributed by atoms with Gasteiger partial charge < -0.3 is 19.0 Å². The summed E-state index contributed by atoms with van der Waals surface area (Å²) < 4.78 is 16.6. The fourth-order valence-electron chi connectivity index (χ4n) is 4.42. The number of imidazole rings is 1. The van der Waals surface area contributed by atoms with Crippen molar-refractivity contribution in [1.29, 1.82) is 0 Å². The van der Waals surface area contributed by atoms with Crippen LogP contribution in [-0.4, -0.2) is 38.3 Å². The van der Waals surface area contributed by atoms with Crippen LogP contribution in [0.4, 0.5) is 0 Å². The lowest BCUT2D eigenvalue weighted by Crippen LogP contribution is -2.35. The zero-order chi connectivity index (χ0) is 21.3. The van der Waals surface area contributed by atoms with Crippen LogP contribution < -0.4 is 9.47 Å². The summed E-state index contributed by atoms with van der Waals surface area (Å²) in [5.74, 6) is 2.61. The summed E-state index contributed by atoms with van der Waals surface area (Å²) in [7, 11) is 0. The van der Waals surface area contributed by atoms with Crippen molar-refractivity contribution in [3.63, 3.8) is 0 Å². The normalized spacial score (nSPS) is 17.4. The molecule has 0 unspecified atom stereocenters. The van der Waals surface area contributed by atoms with Gasteiger partial charge in [0.25, 0.3) is 0 Å². The average molecular weight is 429 g/mol. The first-order valence-electron chi connectivity index (χ1n) is 10.9. The first-order chi connectivity index (χ1) is 15.8. The number of hydrogen-bond donors (Lipinski definition) is 1. The van der Waals surface area contributed by atoms with Crippen LogP contribution in [0.3, 0.4) is 0 Å². The van der Waals surface area contributed by atoms with Gasteiger partial charge in [0.2, 0.25) is 18.5 Å². The van der Waals surface area contributed by atoms with E-state index in [0.29, 0.717) is 17.5 Å². The third-order valence-corrected chi connectivity index (χ3v) is 6.11. The maximum atomic E-state index is 5.75. The zero-order valence-corrected chi connectivity index (χ0v) is 17.5. The molecule has 0 amide bonds. The second kappa shape index (κ2) is 8.12. The molecule has 0 saturated carbocycles. The second-order valence-corrected chi connectivity index (χ2v) is 8.13. The van der Waals surface area contributed by atoms with Gasteiger partial charge >= 0.3 is 0 Å². The Morgan fingerprint density at radius 1 is 1.06 bits per heavy atom. The molecular formula is C24H23N5O3. The molecule has 2 aromatic heterocycles. The third-order valence-electron chi connectivity index (χ3n) is 6.11. The minimum absolute atomic E-state index is 0.00293. The van der Waals surface area contributed by atoms with Crippen LogP contribution in [0.25, 0.3) is 11.4 Å². The summed E-state index contributed by atoms with van der Waals surface area (Å²) in [4.78, 5) is 14.9. The van der Waals surface area contributed by atoms with E-state index in [4.69, 9.17) is 19.0 Å². The first kappa shape index (κ1) is 19.1. The largest absolute Gasteiger partial charge is 0.454 e. The van der Waals surface area contributed by atoms with Crippen LogP contribution >= 0.6 is 0 Å². The van der Waals surface area contributed by atoms with Crippen LogP contribution in [0.5, 0.6) is 11.5 Å². The predicted molar refractivity (Wildman–Crippen MR) is 116 cm³/mol. The molecule has 6 rings (SSSR count). The lowest BCUT2D eigenvalue weighted by molar-refractivity contribution is 0.134. The number of nitrogens with one attached hydrogen (secondary N) is 1. The highest BCUT2D eigenvalue weighted by Gasteiger charge is 2.33. The molecule has 32 heavy (non-hydrogen) atoms. The molecule has 2 aliphatic rings. The van der Waals surface area contributed by atoms with Gasteiger partial charge in [-0.15, -0.1) is 0 Å². The Morgan fingerprint density at radius 3 is 2.91 bits per heavy atom. The highest BCUT2D eigenvalue weighted by molar-refractivity contribution is 5.61. The third kappa shape index (κ3) is 3.62. The highest BCUT2D eigenvalue weighted by Crippen LogP contribution is 2.36. The fraction of sp³-hybridized carbons (Fsp3) is 0.292. The Labute approximate surface area is 185 Å². The van der Waals surface area contributed by atoms with Crippen LogP contribution in [0.1, 0.15) is 35.3 Å². The van der Waals surface area contributed by atoms with Crippen molar-refractivity contribution < 1.29 is 14.0 Å². The lowest BCUT2D eigenvalue weighted by atomic mass is 10.0. The highest BCUT2D eigenvalue weighted by atomic mass is 16.7. The average Bonchev–Trinajstić information content (AvgIpc) is 3.58. The molecular weight excluding hydrogens is 406 g/mol. The standard InChI is InChI=1S/C24H23N5O3/c1-2-5-16(6-3-1)7-4-10-29-13-19-18(25-14-26-19)12-20(29)24-27-23(28-32-24)17-8-9-21-22(11-17)31-15-30-21/h1-3,5-6,8-9,11,14,20H,4,7,10,12-13,15H2,(H,25,26)/t20-/m0/s1. The maximum absolute atomic E-state index is 5.75. The Hall–Kier alpha value is -3.65. The number of aryl methyl sites for hydroxylation is 1. The van der Waals surface area contributed by atoms with Gasteiger partial charge in [-0.2, -0.15) is 4.98 Å². The Kier molecular flexibility index (Phi) is 4.84. The van der Waals surface area contributed by atoms with Crippen molar-refractivity contribution in [2.45, 2.75) is 31.8 Å². The van der Waals surface area contributed by atoms with E-state index in [1.165, 1.54) is 5.56 Å². The molecule has 0 saturated heterocycles. The SMILES string of the molecule is c1ccc(CCCN2Cc3[nH]cnc3C[C@H]2c2nc(-c3ccc4c(c3)OCO4)no2)cc1. The number of rotatable bonds is 6. The molecule has 4 heterocycles. The summed E-state index contributed by atoms with van der Waals surface area (Å²) in [6.07, 6.45) is 4.59. The summed E-state index contributed by atoms with van der Waals surface area (Å²) >= 11 is 0. The van der Waals surface area contributed by atoms with E-state index in [1.807, 2.05) is 18.2 Å². The van der Waals surface area contributed by atoms with E-state index < -0.39 is 0 Å². The van der Waals surface area contributed by atoms with E-state index in [1.54, 1.807) is 6.33 Å². The number of H-pyrrole nitrogens is 1. The Bertz CT molecular complexity index is 1220. The molecule has 1 N–H and O–H groups in total. The minimum atomic E-state index is -0.00293. The van der Waals surface area contributed by atoms with Crippen LogP contribution in [0.15, 0.2) is 59.4 Å². The lowest BCUT2D eigenvalue weighted by Gasteiger charge is -2.32. The van der Waals surface area contributed by atoms with Crippen molar-refractivity contribution in [2.75, 3.05) is 13.3 Å². The number of fused-ring (bicyclic) bond motifs is 2. The molecule has 0 bridgehead atoms. The van der Waals surface area contributed by atoms with Gasteiger partial charge in [-0.05, 0) is 43.1 Å². The van der Waals surface area contributed by atoms with Crippen LogP contribution in [0, 0.1) is 0 Å². The van der Waals surface area contributed by atoms with Gasteiger partial charge in [-0.25, -0.2) is 4.98 Å². The van der Waals surface area contributed by atoms with Crippen molar-refractivity contribution in [3.05, 3.63) is 77.7 Å².